The van der Waals surface area contributed by atoms with Crippen molar-refractivity contribution in [3.63, 3.8) is 0 Å². The molecule has 0 saturated carbocycles. The molecule has 0 atom stereocenters. The van der Waals surface area contributed by atoms with Crippen molar-refractivity contribution < 1.29 is 18.9 Å². The minimum Gasteiger partial charge on any atom is -0.790 e. The summed E-state index contributed by atoms with van der Waals surface area (Å²) in [6.45, 7) is -0.189. The number of phosphoric acid groups is 1. The molecule has 0 saturated heterocycles. The second-order valence-corrected chi connectivity index (χ2v) is 3.36. The predicted octanol–water partition coefficient (Wildman–Crippen LogP) is 0.0319. The number of hydrogen-bond donors (Lipinski definition) is 0. The molecular formula is C7H7O4P-2. The van der Waals surface area contributed by atoms with E-state index in [1.165, 1.54) is 0 Å². The van der Waals surface area contributed by atoms with Crippen LogP contribution in [0, 0.1) is 0 Å². The van der Waals surface area contributed by atoms with Crippen molar-refractivity contribution in [2.75, 3.05) is 0 Å². The predicted molar refractivity (Wildman–Crippen MR) is 38.8 cm³/mol. The van der Waals surface area contributed by atoms with Gasteiger partial charge in [-0.25, -0.2) is 0 Å². The van der Waals surface area contributed by atoms with Gasteiger partial charge in [-0.2, -0.15) is 0 Å². The van der Waals surface area contributed by atoms with Crippen LogP contribution in [0.4, 0.5) is 0 Å². The summed E-state index contributed by atoms with van der Waals surface area (Å²) in [5.41, 5.74) is 0.657. The zero-order valence-corrected chi connectivity index (χ0v) is 7.07. The summed E-state index contributed by atoms with van der Waals surface area (Å²) in [4.78, 5) is 20.1. The second kappa shape index (κ2) is 3.83. The Morgan fingerprint density at radius 2 is 1.83 bits per heavy atom. The lowest BCUT2D eigenvalue weighted by molar-refractivity contribution is -0.342. The van der Waals surface area contributed by atoms with Gasteiger partial charge >= 0.3 is 0 Å². The van der Waals surface area contributed by atoms with Gasteiger partial charge < -0.3 is 18.9 Å². The largest absolute Gasteiger partial charge is 0.790 e. The van der Waals surface area contributed by atoms with Crippen LogP contribution in [0.3, 0.4) is 0 Å². The highest BCUT2D eigenvalue weighted by Gasteiger charge is 1.92. The summed E-state index contributed by atoms with van der Waals surface area (Å²) in [5.74, 6) is 0. The summed E-state index contributed by atoms with van der Waals surface area (Å²) in [7, 11) is -4.83. The Balaban J connectivity index is 2.50. The normalized spacial score (nSPS) is 11.5. The van der Waals surface area contributed by atoms with Crippen molar-refractivity contribution in [3.05, 3.63) is 35.9 Å². The molecule has 0 bridgehead atoms. The van der Waals surface area contributed by atoms with Crippen molar-refractivity contribution in [1.29, 1.82) is 0 Å². The Hall–Kier alpha value is -0.670. The molecule has 0 aliphatic carbocycles. The van der Waals surface area contributed by atoms with Crippen LogP contribution in [0.15, 0.2) is 30.3 Å². The van der Waals surface area contributed by atoms with E-state index in [-0.39, 0.29) is 6.61 Å². The average Bonchev–Trinajstić information content (AvgIpc) is 2.02. The zero-order chi connectivity index (χ0) is 9.03. The van der Waals surface area contributed by atoms with Gasteiger partial charge in [-0.15, -0.1) is 0 Å². The first-order valence-corrected chi connectivity index (χ1v) is 4.74. The maximum absolute atomic E-state index is 10.1. The Morgan fingerprint density at radius 1 is 1.25 bits per heavy atom. The molecule has 0 amide bonds. The van der Waals surface area contributed by atoms with Crippen molar-refractivity contribution in [3.8, 4) is 0 Å². The molecule has 0 aromatic heterocycles. The van der Waals surface area contributed by atoms with Gasteiger partial charge in [0.2, 0.25) is 0 Å². The molecule has 5 heteroatoms. The number of rotatable bonds is 3. The molecule has 0 heterocycles. The van der Waals surface area contributed by atoms with E-state index in [1.54, 1.807) is 30.3 Å². The molecule has 1 aromatic rings. The smallest absolute Gasteiger partial charge is 0.0769 e. The fourth-order valence-corrected chi connectivity index (χ4v) is 1.04. The molecule has 0 aliphatic heterocycles. The SMILES string of the molecule is O=P([O-])([O-])OCc1ccccc1. The molecule has 4 nitrogen and oxygen atoms in total. The lowest BCUT2D eigenvalue weighted by Crippen LogP contribution is -2.16. The highest BCUT2D eigenvalue weighted by atomic mass is 31.2. The van der Waals surface area contributed by atoms with Crippen molar-refractivity contribution in [2.24, 2.45) is 0 Å². The van der Waals surface area contributed by atoms with Crippen LogP contribution in [0.2, 0.25) is 0 Å². The number of hydrogen-bond acceptors (Lipinski definition) is 4. The third kappa shape index (κ3) is 3.64. The Labute approximate surface area is 70.0 Å². The molecule has 0 unspecified atom stereocenters. The monoisotopic (exact) mass is 186 g/mol. The fourth-order valence-electron chi connectivity index (χ4n) is 0.728. The van der Waals surface area contributed by atoms with E-state index in [9.17, 15) is 14.4 Å². The number of phosphoric ester groups is 1. The molecule has 0 aliphatic rings. The highest BCUT2D eigenvalue weighted by Crippen LogP contribution is 2.26. The molecule has 0 fully saturated rings. The van der Waals surface area contributed by atoms with Gasteiger partial charge in [-0.05, 0) is 5.56 Å². The number of benzene rings is 1. The zero-order valence-electron chi connectivity index (χ0n) is 6.17. The van der Waals surface area contributed by atoms with Crippen molar-refractivity contribution >= 4 is 7.82 Å². The Kier molecular flexibility index (Phi) is 3.00. The summed E-state index contributed by atoms with van der Waals surface area (Å²) in [6, 6.07) is 8.61. The summed E-state index contributed by atoms with van der Waals surface area (Å²) in [6.07, 6.45) is 0. The second-order valence-electron chi connectivity index (χ2n) is 2.21. The van der Waals surface area contributed by atoms with Crippen LogP contribution < -0.4 is 9.79 Å². The van der Waals surface area contributed by atoms with Crippen LogP contribution in [-0.4, -0.2) is 0 Å². The summed E-state index contributed by atoms with van der Waals surface area (Å²) >= 11 is 0. The van der Waals surface area contributed by atoms with Crippen LogP contribution in [0.5, 0.6) is 0 Å². The standard InChI is InChI=1S/C7H9O4P/c8-12(9,10)11-6-7-4-2-1-3-5-7/h1-5H,6H2,(H2,8,9,10)/p-2. The van der Waals surface area contributed by atoms with E-state index in [0.29, 0.717) is 5.56 Å². The Bertz CT molecular complexity index is 279. The van der Waals surface area contributed by atoms with E-state index < -0.39 is 7.82 Å². The lowest BCUT2D eigenvalue weighted by Gasteiger charge is -2.28. The molecule has 1 rings (SSSR count). The molecular weight excluding hydrogens is 179 g/mol. The van der Waals surface area contributed by atoms with Gasteiger partial charge in [-0.1, -0.05) is 30.3 Å². The lowest BCUT2D eigenvalue weighted by atomic mass is 10.2. The van der Waals surface area contributed by atoms with Crippen LogP contribution in [0.25, 0.3) is 0 Å². The fraction of sp³-hybridized carbons (Fsp3) is 0.143. The molecule has 1 aromatic carbocycles. The van der Waals surface area contributed by atoms with E-state index in [1.807, 2.05) is 0 Å². The van der Waals surface area contributed by atoms with E-state index in [2.05, 4.69) is 4.52 Å². The van der Waals surface area contributed by atoms with Gasteiger partial charge in [-0.3, -0.25) is 0 Å². The van der Waals surface area contributed by atoms with E-state index in [4.69, 9.17) is 0 Å². The van der Waals surface area contributed by atoms with Gasteiger partial charge in [0, 0.05) is 0 Å². The minimum absolute atomic E-state index is 0.189. The van der Waals surface area contributed by atoms with Crippen LogP contribution >= 0.6 is 7.82 Å². The maximum atomic E-state index is 10.1. The van der Waals surface area contributed by atoms with Gasteiger partial charge in [0.05, 0.1) is 14.4 Å². The third-order valence-corrected chi connectivity index (χ3v) is 1.68. The molecule has 0 N–H and O–H groups in total. The summed E-state index contributed by atoms with van der Waals surface area (Å²) in [5, 5.41) is 0. The topological polar surface area (TPSA) is 72.4 Å². The maximum Gasteiger partial charge on any atom is 0.0769 e. The molecule has 0 radical (unpaired) electrons. The van der Waals surface area contributed by atoms with Gasteiger partial charge in [0.25, 0.3) is 0 Å². The van der Waals surface area contributed by atoms with Gasteiger partial charge in [0.15, 0.2) is 0 Å². The average molecular weight is 186 g/mol. The quantitative estimate of drug-likeness (QED) is 0.624. The van der Waals surface area contributed by atoms with Crippen molar-refractivity contribution in [2.45, 2.75) is 6.61 Å². The molecule has 0 spiro atoms. The minimum atomic E-state index is -4.83. The first-order valence-electron chi connectivity index (χ1n) is 3.28. The first-order chi connectivity index (χ1) is 5.58. The first kappa shape index (κ1) is 9.42. The highest BCUT2D eigenvalue weighted by molar-refractivity contribution is 7.43. The molecule has 66 valence electrons. The van der Waals surface area contributed by atoms with Crippen LogP contribution in [0.1, 0.15) is 5.56 Å². The van der Waals surface area contributed by atoms with Crippen molar-refractivity contribution in [1.82, 2.24) is 0 Å². The van der Waals surface area contributed by atoms with E-state index >= 15 is 0 Å². The van der Waals surface area contributed by atoms with Crippen LogP contribution in [-0.2, 0) is 15.7 Å². The van der Waals surface area contributed by atoms with Gasteiger partial charge in [0.1, 0.15) is 0 Å². The van der Waals surface area contributed by atoms with E-state index in [0.717, 1.165) is 0 Å². The third-order valence-electron chi connectivity index (χ3n) is 1.23. The Morgan fingerprint density at radius 3 is 2.33 bits per heavy atom. The summed E-state index contributed by atoms with van der Waals surface area (Å²) < 4.78 is 14.1. The molecule has 12 heavy (non-hydrogen) atoms.